The van der Waals surface area contributed by atoms with Gasteiger partial charge in [0, 0.05) is 12.3 Å². The number of aliphatic carboxylic acids is 1. The monoisotopic (exact) mass is 302 g/mol. The number of amides is 2. The van der Waals surface area contributed by atoms with Gasteiger partial charge in [-0.1, -0.05) is 20.3 Å². The van der Waals surface area contributed by atoms with E-state index in [1.165, 1.54) is 0 Å². The van der Waals surface area contributed by atoms with Gasteiger partial charge in [-0.3, -0.25) is 0 Å². The third-order valence-electron chi connectivity index (χ3n) is 2.42. The highest BCUT2D eigenvalue weighted by Crippen LogP contribution is 2.29. The van der Waals surface area contributed by atoms with Crippen molar-refractivity contribution in [2.75, 3.05) is 12.3 Å². The van der Waals surface area contributed by atoms with E-state index in [0.29, 0.717) is 6.42 Å². The summed E-state index contributed by atoms with van der Waals surface area (Å²) >= 11 is -0.247. The number of hydrogen-bond donors (Lipinski definition) is 3. The fraction of sp³-hybridized carbons (Fsp3) is 0.800. The standard InChI is InChI=1S/C10H17F3N2O3S/c1-3-6(2)7(8(16)17)15-9(18)14-4-5-19-10(11,12)13/h6-7H,3-5H2,1-2H3,(H,16,17)(H2,14,15,18). The first-order valence-electron chi connectivity index (χ1n) is 5.65. The van der Waals surface area contributed by atoms with Gasteiger partial charge < -0.3 is 15.7 Å². The van der Waals surface area contributed by atoms with Gasteiger partial charge in [-0.15, -0.1) is 0 Å². The Balaban J connectivity index is 4.04. The van der Waals surface area contributed by atoms with E-state index in [1.807, 2.05) is 0 Å². The third-order valence-corrected chi connectivity index (χ3v) is 3.15. The number of alkyl halides is 3. The minimum Gasteiger partial charge on any atom is -0.480 e. The number of thioether (sulfide) groups is 1. The minimum absolute atomic E-state index is 0.192. The van der Waals surface area contributed by atoms with Crippen molar-refractivity contribution in [1.29, 1.82) is 0 Å². The van der Waals surface area contributed by atoms with Crippen molar-refractivity contribution < 1.29 is 27.9 Å². The average Bonchev–Trinajstić information content (AvgIpc) is 2.29. The number of hydrogen-bond acceptors (Lipinski definition) is 3. The first kappa shape index (κ1) is 17.9. The molecule has 0 aromatic rings. The number of halogens is 3. The first-order valence-corrected chi connectivity index (χ1v) is 6.63. The largest absolute Gasteiger partial charge is 0.480 e. The summed E-state index contributed by atoms with van der Waals surface area (Å²) in [6.45, 7) is 3.25. The SMILES string of the molecule is CCC(C)C(NC(=O)NCCSC(F)(F)F)C(=O)O. The number of carbonyl (C=O) groups is 2. The molecule has 0 saturated carbocycles. The Kier molecular flexibility index (Phi) is 7.65. The smallest absolute Gasteiger partial charge is 0.441 e. The van der Waals surface area contributed by atoms with Crippen molar-refractivity contribution in [2.24, 2.45) is 5.92 Å². The van der Waals surface area contributed by atoms with Crippen molar-refractivity contribution in [3.8, 4) is 0 Å². The predicted molar refractivity (Wildman–Crippen MR) is 65.9 cm³/mol. The molecule has 0 fully saturated rings. The molecule has 5 nitrogen and oxygen atoms in total. The average molecular weight is 302 g/mol. The van der Waals surface area contributed by atoms with Crippen molar-refractivity contribution in [3.63, 3.8) is 0 Å². The Bertz CT molecular complexity index is 313. The zero-order chi connectivity index (χ0) is 15.1. The van der Waals surface area contributed by atoms with Crippen molar-refractivity contribution in [1.82, 2.24) is 10.6 Å². The molecule has 2 atom stereocenters. The molecule has 2 amide bonds. The maximum atomic E-state index is 11.8. The van der Waals surface area contributed by atoms with Gasteiger partial charge in [0.2, 0.25) is 0 Å². The van der Waals surface area contributed by atoms with Crippen LogP contribution in [0.5, 0.6) is 0 Å². The van der Waals surface area contributed by atoms with Crippen LogP contribution in [-0.4, -0.2) is 41.0 Å². The topological polar surface area (TPSA) is 78.4 Å². The Morgan fingerprint density at radius 1 is 1.37 bits per heavy atom. The zero-order valence-corrected chi connectivity index (χ0v) is 11.4. The lowest BCUT2D eigenvalue weighted by atomic mass is 9.99. The molecule has 0 radical (unpaired) electrons. The summed E-state index contributed by atoms with van der Waals surface area (Å²) in [7, 11) is 0. The number of carboxylic acid groups (broad SMARTS) is 1. The maximum Gasteiger partial charge on any atom is 0.441 e. The zero-order valence-electron chi connectivity index (χ0n) is 10.6. The van der Waals surface area contributed by atoms with Crippen LogP contribution in [0.3, 0.4) is 0 Å². The van der Waals surface area contributed by atoms with E-state index in [2.05, 4.69) is 10.6 Å². The molecular formula is C10H17F3N2O3S. The molecule has 2 unspecified atom stereocenters. The molecule has 0 aliphatic carbocycles. The van der Waals surface area contributed by atoms with E-state index < -0.39 is 23.6 Å². The molecule has 0 saturated heterocycles. The summed E-state index contributed by atoms with van der Waals surface area (Å²) in [5.74, 6) is -1.76. The van der Waals surface area contributed by atoms with Crippen molar-refractivity contribution in [2.45, 2.75) is 31.8 Å². The van der Waals surface area contributed by atoms with Gasteiger partial charge in [0.05, 0.1) is 0 Å². The van der Waals surface area contributed by atoms with Gasteiger partial charge in [0.25, 0.3) is 0 Å². The molecule has 0 aromatic carbocycles. The molecular weight excluding hydrogens is 285 g/mol. The van der Waals surface area contributed by atoms with Crippen LogP contribution in [-0.2, 0) is 4.79 Å². The highest BCUT2D eigenvalue weighted by Gasteiger charge is 2.28. The molecule has 0 bridgehead atoms. The van der Waals surface area contributed by atoms with E-state index in [0.717, 1.165) is 0 Å². The molecule has 9 heteroatoms. The van der Waals surface area contributed by atoms with Crippen LogP contribution in [0.2, 0.25) is 0 Å². The van der Waals surface area contributed by atoms with Gasteiger partial charge in [-0.25, -0.2) is 9.59 Å². The van der Waals surface area contributed by atoms with Gasteiger partial charge >= 0.3 is 17.5 Å². The lowest BCUT2D eigenvalue weighted by Crippen LogP contribution is -2.49. The van der Waals surface area contributed by atoms with Gasteiger partial charge in [0.15, 0.2) is 0 Å². The molecule has 0 spiro atoms. The van der Waals surface area contributed by atoms with E-state index in [-0.39, 0.29) is 30.0 Å². The van der Waals surface area contributed by atoms with Crippen LogP contribution in [0.15, 0.2) is 0 Å². The summed E-state index contributed by atoms with van der Waals surface area (Å²) in [6.07, 6.45) is 0.557. The highest BCUT2D eigenvalue weighted by atomic mass is 32.2. The van der Waals surface area contributed by atoms with Crippen molar-refractivity contribution >= 4 is 23.8 Å². The van der Waals surface area contributed by atoms with E-state index >= 15 is 0 Å². The Hall–Kier alpha value is -1.12. The lowest BCUT2D eigenvalue weighted by Gasteiger charge is -2.20. The van der Waals surface area contributed by atoms with Gasteiger partial charge in [-0.05, 0) is 17.7 Å². The van der Waals surface area contributed by atoms with Crippen LogP contribution in [0.4, 0.5) is 18.0 Å². The first-order chi connectivity index (χ1) is 8.67. The summed E-state index contributed by atoms with van der Waals surface area (Å²) in [5.41, 5.74) is -4.33. The van der Waals surface area contributed by atoms with Gasteiger partial charge in [0.1, 0.15) is 6.04 Å². The second-order valence-corrected chi connectivity index (χ2v) is 5.06. The number of nitrogens with one attached hydrogen (secondary N) is 2. The molecule has 3 N–H and O–H groups in total. The number of rotatable bonds is 7. The second kappa shape index (κ2) is 8.13. The molecule has 0 aliphatic rings. The van der Waals surface area contributed by atoms with Gasteiger partial charge in [-0.2, -0.15) is 13.2 Å². The van der Waals surface area contributed by atoms with Crippen LogP contribution in [0, 0.1) is 5.92 Å². The number of carboxylic acids is 1. The minimum atomic E-state index is -4.33. The molecule has 112 valence electrons. The van der Waals surface area contributed by atoms with Crippen LogP contribution >= 0.6 is 11.8 Å². The summed E-state index contributed by atoms with van der Waals surface area (Å²) in [6, 6.07) is -1.84. The van der Waals surface area contributed by atoms with E-state index in [4.69, 9.17) is 5.11 Å². The molecule has 0 aromatic heterocycles. The number of carbonyl (C=O) groups excluding carboxylic acids is 1. The van der Waals surface area contributed by atoms with Crippen molar-refractivity contribution in [3.05, 3.63) is 0 Å². The summed E-state index contributed by atoms with van der Waals surface area (Å²) in [5, 5.41) is 13.3. The lowest BCUT2D eigenvalue weighted by molar-refractivity contribution is -0.140. The molecule has 0 rings (SSSR count). The van der Waals surface area contributed by atoms with Crippen LogP contribution in [0.25, 0.3) is 0 Å². The Labute approximate surface area is 113 Å². The number of urea groups is 1. The molecule has 0 heterocycles. The van der Waals surface area contributed by atoms with Crippen LogP contribution in [0.1, 0.15) is 20.3 Å². The van der Waals surface area contributed by atoms with Crippen LogP contribution < -0.4 is 10.6 Å². The Morgan fingerprint density at radius 3 is 2.37 bits per heavy atom. The summed E-state index contributed by atoms with van der Waals surface area (Å²) < 4.78 is 35.4. The normalized spacial score (nSPS) is 14.6. The second-order valence-electron chi connectivity index (χ2n) is 3.90. The van der Waals surface area contributed by atoms with E-state index in [9.17, 15) is 22.8 Å². The van der Waals surface area contributed by atoms with E-state index in [1.54, 1.807) is 13.8 Å². The molecule has 0 aliphatic heterocycles. The quantitative estimate of drug-likeness (QED) is 0.629. The molecule has 19 heavy (non-hydrogen) atoms. The highest BCUT2D eigenvalue weighted by molar-refractivity contribution is 8.00. The maximum absolute atomic E-state index is 11.8. The fourth-order valence-electron chi connectivity index (χ4n) is 1.21. The third kappa shape index (κ3) is 8.57. The predicted octanol–water partition coefficient (Wildman–Crippen LogP) is 2.04. The fourth-order valence-corrected chi connectivity index (χ4v) is 1.64. The summed E-state index contributed by atoms with van der Waals surface area (Å²) in [4.78, 5) is 22.2. The Morgan fingerprint density at radius 2 is 1.95 bits per heavy atom.